The molecule has 1 atom stereocenters. The smallest absolute Gasteiger partial charge is 0.390 e. The fourth-order valence-corrected chi connectivity index (χ4v) is 23.6. The van der Waals surface area contributed by atoms with Crippen molar-refractivity contribution in [3.63, 3.8) is 0 Å². The Bertz CT molecular complexity index is 1620. The van der Waals surface area contributed by atoms with Crippen molar-refractivity contribution in [2.75, 3.05) is 0 Å². The standard InChI is InChI=1S/C35H40O5Si5/c1-26-6-16-31(17-7-26)43-37-41-36-42-38-44(32-18-8-27(2)9-19-32,33-20-10-28(3)11-21-33)40-45(39-43,34-22-12-29(4)13-23-34)35-24-14-30(5)15-25-35/h6-25,43H,41-42H2,1-5H3. The summed E-state index contributed by atoms with van der Waals surface area (Å²) in [6, 6.07) is 43.2. The van der Waals surface area contributed by atoms with Crippen LogP contribution in [0.3, 0.4) is 0 Å². The fraction of sp³-hybridized carbons (Fsp3) is 0.143. The van der Waals surface area contributed by atoms with E-state index in [1.54, 1.807) is 0 Å². The van der Waals surface area contributed by atoms with Crippen molar-refractivity contribution in [2.24, 2.45) is 0 Å². The molecule has 0 N–H and O–H groups in total. The van der Waals surface area contributed by atoms with Crippen LogP contribution in [0.4, 0.5) is 0 Å². The van der Waals surface area contributed by atoms with Crippen LogP contribution >= 0.6 is 0 Å². The summed E-state index contributed by atoms with van der Waals surface area (Å²) < 4.78 is 35.6. The number of benzene rings is 5. The van der Waals surface area contributed by atoms with Gasteiger partial charge in [0, 0.05) is 0 Å². The van der Waals surface area contributed by atoms with E-state index in [0.29, 0.717) is 0 Å². The molecule has 0 amide bonds. The average molecular weight is 681 g/mol. The molecule has 6 rings (SSSR count). The number of aryl methyl sites for hydroxylation is 5. The van der Waals surface area contributed by atoms with Crippen LogP contribution in [0.1, 0.15) is 27.8 Å². The first kappa shape index (κ1) is 31.9. The van der Waals surface area contributed by atoms with Gasteiger partial charge in [-0.25, -0.2) is 0 Å². The molecule has 1 heterocycles. The first-order valence-electron chi connectivity index (χ1n) is 15.3. The van der Waals surface area contributed by atoms with Gasteiger partial charge in [0.1, 0.15) is 0 Å². The molecule has 1 unspecified atom stereocenters. The lowest BCUT2D eigenvalue weighted by Crippen LogP contribution is -2.77. The van der Waals surface area contributed by atoms with Gasteiger partial charge >= 0.3 is 26.4 Å². The lowest BCUT2D eigenvalue weighted by molar-refractivity contribution is 0.304. The minimum Gasteiger partial charge on any atom is -0.425 e. The van der Waals surface area contributed by atoms with Crippen molar-refractivity contribution >= 4 is 72.4 Å². The Morgan fingerprint density at radius 3 is 1.20 bits per heavy atom. The molecule has 0 spiro atoms. The van der Waals surface area contributed by atoms with E-state index in [-0.39, 0.29) is 0 Å². The quantitative estimate of drug-likeness (QED) is 0.267. The zero-order valence-corrected chi connectivity index (χ0v) is 32.6. The monoisotopic (exact) mass is 680 g/mol. The highest BCUT2D eigenvalue weighted by Gasteiger charge is 2.56. The Morgan fingerprint density at radius 2 is 0.800 bits per heavy atom. The van der Waals surface area contributed by atoms with Crippen LogP contribution in [0.2, 0.25) is 0 Å². The summed E-state index contributed by atoms with van der Waals surface area (Å²) >= 11 is 0. The maximum absolute atomic E-state index is 7.94. The third-order valence-electron chi connectivity index (χ3n) is 8.28. The second-order valence-electron chi connectivity index (χ2n) is 11.9. The van der Waals surface area contributed by atoms with Gasteiger partial charge in [-0.3, -0.25) is 0 Å². The Labute approximate surface area is 275 Å². The topological polar surface area (TPSA) is 46.2 Å². The summed E-state index contributed by atoms with van der Waals surface area (Å²) in [6.45, 7) is 10.5. The zero-order valence-electron chi connectivity index (χ0n) is 26.6. The lowest BCUT2D eigenvalue weighted by Gasteiger charge is -2.43. The summed E-state index contributed by atoms with van der Waals surface area (Å²) in [5, 5.41) is 5.25. The molecule has 10 heteroatoms. The van der Waals surface area contributed by atoms with Crippen molar-refractivity contribution < 1.29 is 20.6 Å². The Kier molecular flexibility index (Phi) is 9.77. The van der Waals surface area contributed by atoms with Crippen molar-refractivity contribution in [2.45, 2.75) is 34.6 Å². The molecule has 5 aromatic carbocycles. The second-order valence-corrected chi connectivity index (χ2v) is 24.4. The molecule has 0 aromatic heterocycles. The van der Waals surface area contributed by atoms with E-state index >= 15 is 0 Å². The van der Waals surface area contributed by atoms with Gasteiger partial charge in [-0.05, 0) is 60.6 Å². The van der Waals surface area contributed by atoms with Gasteiger partial charge in [0.25, 0.3) is 20.0 Å². The predicted octanol–water partition coefficient (Wildman–Crippen LogP) is 2.26. The van der Waals surface area contributed by atoms with E-state index in [1.807, 2.05) is 0 Å². The molecule has 0 radical (unpaired) electrons. The molecular weight excluding hydrogens is 641 g/mol. The number of hydrogen-bond acceptors (Lipinski definition) is 5. The van der Waals surface area contributed by atoms with E-state index < -0.39 is 46.4 Å². The highest BCUT2D eigenvalue weighted by molar-refractivity contribution is 7.07. The van der Waals surface area contributed by atoms with Gasteiger partial charge in [0.15, 0.2) is 0 Å². The SMILES string of the molecule is Cc1ccc([SiH]2O[SiH2]O[SiH2]O[Si](c3ccc(C)cc3)(c3ccc(C)cc3)O[Si](c3ccc(C)cc3)(c3ccc(C)cc3)O2)cc1. The predicted molar refractivity (Wildman–Crippen MR) is 195 cm³/mol. The van der Waals surface area contributed by atoms with Crippen LogP contribution in [0.25, 0.3) is 0 Å². The first-order valence-corrected chi connectivity index (χ1v) is 22.8. The summed E-state index contributed by atoms with van der Waals surface area (Å²) in [5.74, 6) is 0. The molecule has 1 aliphatic rings. The zero-order chi connectivity index (χ0) is 31.4. The Hall–Kier alpha value is -3.02. The highest BCUT2D eigenvalue weighted by Crippen LogP contribution is 2.22. The van der Waals surface area contributed by atoms with Crippen molar-refractivity contribution in [1.82, 2.24) is 0 Å². The van der Waals surface area contributed by atoms with Crippen molar-refractivity contribution in [1.29, 1.82) is 0 Å². The minimum absolute atomic E-state index is 1.04. The normalized spacial score (nSPS) is 19.4. The number of rotatable bonds is 5. The van der Waals surface area contributed by atoms with Crippen molar-refractivity contribution in [3.8, 4) is 0 Å². The minimum atomic E-state index is -3.54. The van der Waals surface area contributed by atoms with E-state index in [1.165, 1.54) is 27.8 Å². The molecule has 230 valence electrons. The molecular formula is C35H40O5Si5. The van der Waals surface area contributed by atoms with Gasteiger partial charge in [0.05, 0.1) is 0 Å². The lowest BCUT2D eigenvalue weighted by atomic mass is 10.2. The van der Waals surface area contributed by atoms with E-state index in [0.717, 1.165) is 25.9 Å². The molecule has 1 fully saturated rings. The van der Waals surface area contributed by atoms with Gasteiger partial charge in [0.2, 0.25) is 0 Å². The van der Waals surface area contributed by atoms with Crippen LogP contribution in [0, 0.1) is 34.6 Å². The van der Waals surface area contributed by atoms with Crippen molar-refractivity contribution in [3.05, 3.63) is 149 Å². The molecule has 45 heavy (non-hydrogen) atoms. The first-order chi connectivity index (χ1) is 21.8. The average Bonchev–Trinajstić information content (AvgIpc) is 3.05. The van der Waals surface area contributed by atoms with E-state index in [2.05, 4.69) is 156 Å². The fourth-order valence-electron chi connectivity index (χ4n) is 5.56. The highest BCUT2D eigenvalue weighted by atomic mass is 28.5. The van der Waals surface area contributed by atoms with Gasteiger partial charge in [-0.15, -0.1) is 0 Å². The van der Waals surface area contributed by atoms with Crippen LogP contribution in [0.5, 0.6) is 0 Å². The van der Waals surface area contributed by atoms with E-state index in [4.69, 9.17) is 20.6 Å². The molecule has 0 saturated carbocycles. The Morgan fingerprint density at radius 1 is 0.444 bits per heavy atom. The molecule has 5 nitrogen and oxygen atoms in total. The van der Waals surface area contributed by atoms with E-state index in [9.17, 15) is 0 Å². The third-order valence-corrected chi connectivity index (χ3v) is 23.3. The van der Waals surface area contributed by atoms with Gasteiger partial charge < -0.3 is 20.6 Å². The molecule has 5 aromatic rings. The molecule has 0 bridgehead atoms. The summed E-state index contributed by atoms with van der Waals surface area (Å²) in [6.07, 6.45) is 0. The second kappa shape index (κ2) is 13.8. The largest absolute Gasteiger partial charge is 0.425 e. The summed E-state index contributed by atoms with van der Waals surface area (Å²) in [5.41, 5.74) is 5.93. The summed E-state index contributed by atoms with van der Waals surface area (Å²) in [7, 11) is -12.3. The molecule has 0 aliphatic carbocycles. The maximum Gasteiger partial charge on any atom is 0.390 e. The van der Waals surface area contributed by atoms with Gasteiger partial charge in [-0.2, -0.15) is 0 Å². The van der Waals surface area contributed by atoms with Gasteiger partial charge in [-0.1, -0.05) is 149 Å². The third kappa shape index (κ3) is 6.90. The maximum atomic E-state index is 7.94. The van der Waals surface area contributed by atoms with Crippen LogP contribution in [0.15, 0.2) is 121 Å². The Balaban J connectivity index is 1.66. The molecule has 1 aliphatic heterocycles. The van der Waals surface area contributed by atoms with Crippen LogP contribution < -0.4 is 25.9 Å². The number of hydrogen-bond donors (Lipinski definition) is 0. The van der Waals surface area contributed by atoms with Crippen LogP contribution in [-0.2, 0) is 20.6 Å². The van der Waals surface area contributed by atoms with Crippen LogP contribution in [-0.4, -0.2) is 46.4 Å². The summed E-state index contributed by atoms with van der Waals surface area (Å²) in [4.78, 5) is 0. The molecule has 1 saturated heterocycles.